The van der Waals surface area contributed by atoms with Gasteiger partial charge in [0.25, 0.3) is 0 Å². The third kappa shape index (κ3) is 37.0. The molecular weight excluding hydrogens is 252 g/mol. The standard InChI is InChI=1S/2C2H5O2PS.2Li/c2*1-2-6-5(3)4;;/h2*2H2,1H3;;/q;;2*+1. The van der Waals surface area contributed by atoms with Gasteiger partial charge >= 0.3 is 52.2 Å². The van der Waals surface area contributed by atoms with Crippen LogP contribution < -0.4 is 47.5 Å². The normalized spacial score (nSPS) is 9.71. The molecule has 14 heavy (non-hydrogen) atoms. The molecule has 0 amide bonds. The first-order valence-electron chi connectivity index (χ1n) is 3.09. The molecule has 0 radical (unpaired) electrons. The molecule has 10 heteroatoms. The average molecular weight is 262 g/mol. The number of hydrogen-bond acceptors (Lipinski definition) is 6. The molecule has 0 saturated carbocycles. The Morgan fingerprint density at radius 3 is 1.14 bits per heavy atom. The van der Waals surface area contributed by atoms with Gasteiger partial charge in [0, 0.05) is 11.5 Å². The van der Waals surface area contributed by atoms with Gasteiger partial charge in [-0.15, -0.1) is 0 Å². The monoisotopic (exact) mass is 262 g/mol. The molecule has 0 fully saturated rings. The summed E-state index contributed by atoms with van der Waals surface area (Å²) < 4.78 is 19.2. The molecule has 0 heterocycles. The van der Waals surface area contributed by atoms with Gasteiger partial charge in [0.05, 0.1) is 0 Å². The third-order valence-electron chi connectivity index (χ3n) is 0.469. The van der Waals surface area contributed by atoms with Gasteiger partial charge in [0.15, 0.2) is 0 Å². The third-order valence-corrected chi connectivity index (χ3v) is 4.22. The average Bonchev–Trinajstić information content (AvgIpc) is 1.87. The van der Waals surface area contributed by atoms with Gasteiger partial charge in [-0.1, -0.05) is 23.0 Å². The SMILES string of the molecule is CCS[P+](=O)[O-].CCS[P+](=O)[O-].[Li+].[Li+]. The van der Waals surface area contributed by atoms with Crippen molar-refractivity contribution in [3.63, 3.8) is 0 Å². The summed E-state index contributed by atoms with van der Waals surface area (Å²) in [5, 5.41) is 0. The zero-order valence-electron chi connectivity index (χ0n) is 8.76. The molecular formula is C4H10Li2O4P2S2+2. The van der Waals surface area contributed by atoms with Crippen molar-refractivity contribution in [3.8, 4) is 0 Å². The Morgan fingerprint density at radius 2 is 1.14 bits per heavy atom. The molecule has 0 aliphatic carbocycles. The second-order valence-electron chi connectivity index (χ2n) is 1.28. The predicted octanol–water partition coefficient (Wildman–Crippen LogP) is -4.48. The maximum atomic E-state index is 9.60. The molecule has 4 nitrogen and oxygen atoms in total. The summed E-state index contributed by atoms with van der Waals surface area (Å²) in [5.74, 6) is 1.30. The van der Waals surface area contributed by atoms with Crippen LogP contribution in [0.2, 0.25) is 0 Å². The minimum atomic E-state index is -2.18. The second kappa shape index (κ2) is 20.4. The van der Waals surface area contributed by atoms with E-state index in [1.54, 1.807) is 13.8 Å². The molecule has 0 aliphatic heterocycles. The van der Waals surface area contributed by atoms with Crippen LogP contribution in [0.5, 0.6) is 0 Å². The Hall–Kier alpha value is 2.01. The van der Waals surface area contributed by atoms with Crippen molar-refractivity contribution in [1.29, 1.82) is 0 Å². The van der Waals surface area contributed by atoms with E-state index in [2.05, 4.69) is 0 Å². The summed E-state index contributed by atoms with van der Waals surface area (Å²) in [6, 6.07) is 0. The maximum Gasteiger partial charge on any atom is 1.00 e. The first kappa shape index (κ1) is 25.0. The fraction of sp³-hybridized carbons (Fsp3) is 1.00. The van der Waals surface area contributed by atoms with Crippen LogP contribution >= 0.6 is 37.2 Å². The minimum Gasteiger partial charge on any atom is -0.585 e. The largest absolute Gasteiger partial charge is 1.00 e. The molecule has 0 spiro atoms. The summed E-state index contributed by atoms with van der Waals surface area (Å²) in [7, 11) is -4.37. The Kier molecular flexibility index (Phi) is 36.5. The Morgan fingerprint density at radius 1 is 0.929 bits per heavy atom. The van der Waals surface area contributed by atoms with Crippen molar-refractivity contribution in [3.05, 3.63) is 0 Å². The Bertz CT molecular complexity index is 135. The van der Waals surface area contributed by atoms with Gasteiger partial charge in [-0.25, -0.2) is 0 Å². The summed E-state index contributed by atoms with van der Waals surface area (Å²) >= 11 is 1.88. The zero-order chi connectivity index (χ0) is 9.98. The van der Waals surface area contributed by atoms with Gasteiger partial charge in [-0.3, -0.25) is 0 Å². The zero-order valence-corrected chi connectivity index (χ0v) is 12.2. The molecule has 0 rings (SSSR count). The molecule has 2 unspecified atom stereocenters. The van der Waals surface area contributed by atoms with Crippen LogP contribution in [0.25, 0.3) is 0 Å². The maximum absolute atomic E-state index is 9.60. The summed E-state index contributed by atoms with van der Waals surface area (Å²) in [6.07, 6.45) is 0. The van der Waals surface area contributed by atoms with Gasteiger partial charge in [0.1, 0.15) is 22.8 Å². The van der Waals surface area contributed by atoms with E-state index in [4.69, 9.17) is 0 Å². The summed E-state index contributed by atoms with van der Waals surface area (Å²) in [5.41, 5.74) is 0. The van der Waals surface area contributed by atoms with Crippen molar-refractivity contribution < 1.29 is 56.6 Å². The van der Waals surface area contributed by atoms with Crippen molar-refractivity contribution in [2.24, 2.45) is 0 Å². The van der Waals surface area contributed by atoms with Gasteiger partial charge < -0.3 is 9.79 Å². The van der Waals surface area contributed by atoms with Crippen LogP contribution in [0, 0.1) is 0 Å². The van der Waals surface area contributed by atoms with Crippen molar-refractivity contribution in [1.82, 2.24) is 0 Å². The van der Waals surface area contributed by atoms with Crippen LogP contribution in [0.1, 0.15) is 13.8 Å². The second-order valence-corrected chi connectivity index (χ2v) is 7.19. The van der Waals surface area contributed by atoms with Crippen LogP contribution in [0.15, 0.2) is 0 Å². The molecule has 0 aliphatic rings. The predicted molar refractivity (Wildman–Crippen MR) is 51.5 cm³/mol. The molecule has 0 N–H and O–H groups in total. The Balaban J connectivity index is -0.0000000625. The molecule has 0 aromatic carbocycles. The smallest absolute Gasteiger partial charge is 0.585 e. The van der Waals surface area contributed by atoms with E-state index in [1.165, 1.54) is 0 Å². The van der Waals surface area contributed by atoms with E-state index >= 15 is 0 Å². The van der Waals surface area contributed by atoms with Crippen LogP contribution in [-0.4, -0.2) is 11.5 Å². The first-order valence-corrected chi connectivity index (χ1v) is 8.62. The molecule has 0 aromatic rings. The number of rotatable bonds is 4. The fourth-order valence-corrected chi connectivity index (χ4v) is 1.90. The molecule has 0 saturated heterocycles. The van der Waals surface area contributed by atoms with E-state index in [1.807, 2.05) is 0 Å². The van der Waals surface area contributed by atoms with E-state index in [-0.39, 0.29) is 37.7 Å². The first-order chi connectivity index (χ1) is 5.54. The molecule has 2 atom stereocenters. The molecule has 0 aromatic heterocycles. The van der Waals surface area contributed by atoms with Crippen molar-refractivity contribution >= 4 is 37.2 Å². The van der Waals surface area contributed by atoms with E-state index in [9.17, 15) is 18.9 Å². The van der Waals surface area contributed by atoms with Crippen LogP contribution in [-0.2, 0) is 9.13 Å². The molecule has 72 valence electrons. The van der Waals surface area contributed by atoms with Gasteiger partial charge in [-0.05, 0) is 0 Å². The quantitative estimate of drug-likeness (QED) is 0.375. The molecule has 0 bridgehead atoms. The Labute approximate surface area is 118 Å². The van der Waals surface area contributed by atoms with Gasteiger partial charge in [-0.2, -0.15) is 0 Å². The number of hydrogen-bond donors (Lipinski definition) is 0. The minimum absolute atomic E-state index is 0. The summed E-state index contributed by atoms with van der Waals surface area (Å²) in [6.45, 7) is 3.60. The van der Waals surface area contributed by atoms with Gasteiger partial charge in [0.2, 0.25) is 0 Å². The van der Waals surface area contributed by atoms with Crippen LogP contribution in [0.3, 0.4) is 0 Å². The topological polar surface area (TPSA) is 80.3 Å². The van der Waals surface area contributed by atoms with Crippen molar-refractivity contribution in [2.75, 3.05) is 11.5 Å². The van der Waals surface area contributed by atoms with E-state index < -0.39 is 14.5 Å². The summed E-state index contributed by atoms with van der Waals surface area (Å²) in [4.78, 5) is 19.2. The van der Waals surface area contributed by atoms with E-state index in [0.717, 1.165) is 22.8 Å². The fourth-order valence-electron chi connectivity index (χ4n) is 0.211. The van der Waals surface area contributed by atoms with E-state index in [0.29, 0.717) is 11.5 Å². The van der Waals surface area contributed by atoms with Crippen molar-refractivity contribution in [2.45, 2.75) is 13.8 Å². The van der Waals surface area contributed by atoms with Crippen LogP contribution in [0.4, 0.5) is 0 Å².